The first-order chi connectivity index (χ1) is 35.0. The standard InChI is InChI=1S/C65H104O6/c1-4-7-10-13-16-18-20-22-24-26-28-30-32-34-36-38-40-42-44-46-49-52-55-58-64(67)70-61-62(60-69-63(66)57-54-51-48-15-12-9-6-3)71-65(68)59-56-53-50-47-45-43-41-39-37-35-33-31-29-27-25-23-21-19-17-14-11-8-5-2/h7-8,10-11,16-19,22-25,28-31,34,36,40,42,46,49,62H,4-6,9,12-15,20-21,26-27,32-33,35,37-39,41,43-45,47-48,50-61H2,1-3H3/b10-7-,11-8-,18-16-,19-17-,24-22-,25-23-,30-28-,31-29-,36-34-,42-40-,49-46-. The van der Waals surface area contributed by atoms with Gasteiger partial charge in [-0.1, -0.05) is 244 Å². The Labute approximate surface area is 436 Å². The van der Waals surface area contributed by atoms with Crippen LogP contribution in [0.2, 0.25) is 0 Å². The molecular weight excluding hydrogens is 877 g/mol. The van der Waals surface area contributed by atoms with E-state index in [0.29, 0.717) is 19.3 Å². The van der Waals surface area contributed by atoms with Gasteiger partial charge >= 0.3 is 17.9 Å². The number of allylic oxidation sites excluding steroid dienone is 22. The Morgan fingerprint density at radius 1 is 0.296 bits per heavy atom. The molecule has 0 amide bonds. The summed E-state index contributed by atoms with van der Waals surface area (Å²) in [5.41, 5.74) is 0. The Morgan fingerprint density at radius 2 is 0.563 bits per heavy atom. The van der Waals surface area contributed by atoms with Crippen LogP contribution in [0, 0.1) is 0 Å². The topological polar surface area (TPSA) is 78.9 Å². The SMILES string of the molecule is CC/C=C\C/C=C\C/C=C\C/C=C\C/C=C\C/C=C\C/C=C\CCCC(=O)OCC(COC(=O)CCCCCCCCC)OC(=O)CCCCCCCCCCCC/C=C\C/C=C\C/C=C\C/C=C\CC. The number of hydrogen-bond donors (Lipinski definition) is 0. The highest BCUT2D eigenvalue weighted by atomic mass is 16.6. The van der Waals surface area contributed by atoms with Gasteiger partial charge in [-0.15, -0.1) is 0 Å². The molecule has 0 heterocycles. The fourth-order valence-corrected chi connectivity index (χ4v) is 7.42. The third kappa shape index (κ3) is 56.3. The fourth-order valence-electron chi connectivity index (χ4n) is 7.42. The van der Waals surface area contributed by atoms with E-state index in [4.69, 9.17) is 14.2 Å². The van der Waals surface area contributed by atoms with Crippen molar-refractivity contribution in [2.75, 3.05) is 13.2 Å². The third-order valence-electron chi connectivity index (χ3n) is 11.7. The van der Waals surface area contributed by atoms with Gasteiger partial charge in [0, 0.05) is 19.3 Å². The number of carbonyl (C=O) groups excluding carboxylic acids is 3. The summed E-state index contributed by atoms with van der Waals surface area (Å²) in [7, 11) is 0. The fraction of sp³-hybridized carbons (Fsp3) is 0.615. The van der Waals surface area contributed by atoms with E-state index in [1.54, 1.807) is 0 Å². The lowest BCUT2D eigenvalue weighted by Crippen LogP contribution is -2.30. The minimum Gasteiger partial charge on any atom is -0.462 e. The van der Waals surface area contributed by atoms with Crippen molar-refractivity contribution in [2.24, 2.45) is 0 Å². The Hall–Kier alpha value is -4.45. The maximum absolute atomic E-state index is 12.8. The molecule has 0 spiro atoms. The minimum absolute atomic E-state index is 0.101. The number of esters is 3. The lowest BCUT2D eigenvalue weighted by Gasteiger charge is -2.18. The molecule has 0 aliphatic heterocycles. The summed E-state index contributed by atoms with van der Waals surface area (Å²) in [6.07, 6.45) is 81.8. The zero-order valence-corrected chi connectivity index (χ0v) is 45.7. The number of ether oxygens (including phenoxy) is 3. The van der Waals surface area contributed by atoms with E-state index in [9.17, 15) is 14.4 Å². The van der Waals surface area contributed by atoms with Crippen molar-refractivity contribution in [2.45, 2.75) is 245 Å². The Bertz CT molecular complexity index is 1550. The largest absolute Gasteiger partial charge is 0.462 e. The van der Waals surface area contributed by atoms with Gasteiger partial charge in [0.2, 0.25) is 0 Å². The molecule has 0 aromatic carbocycles. The Kier molecular flexibility index (Phi) is 54.5. The van der Waals surface area contributed by atoms with Crippen molar-refractivity contribution in [1.82, 2.24) is 0 Å². The van der Waals surface area contributed by atoms with Gasteiger partial charge in [0.25, 0.3) is 0 Å². The predicted octanol–water partition coefficient (Wildman–Crippen LogP) is 19.4. The van der Waals surface area contributed by atoms with Crippen LogP contribution in [0.5, 0.6) is 0 Å². The molecule has 6 nitrogen and oxygen atoms in total. The maximum Gasteiger partial charge on any atom is 0.306 e. The number of unbranched alkanes of at least 4 members (excludes halogenated alkanes) is 17. The van der Waals surface area contributed by atoms with Crippen molar-refractivity contribution in [1.29, 1.82) is 0 Å². The molecule has 0 rings (SSSR count). The van der Waals surface area contributed by atoms with Crippen molar-refractivity contribution in [3.8, 4) is 0 Å². The molecule has 400 valence electrons. The molecule has 1 unspecified atom stereocenters. The molecule has 0 aliphatic carbocycles. The molecule has 0 bridgehead atoms. The summed E-state index contributed by atoms with van der Waals surface area (Å²) in [5, 5.41) is 0. The Balaban J connectivity index is 4.33. The zero-order valence-electron chi connectivity index (χ0n) is 45.7. The molecule has 0 saturated carbocycles. The van der Waals surface area contributed by atoms with Gasteiger partial charge in [-0.3, -0.25) is 14.4 Å². The van der Waals surface area contributed by atoms with Crippen molar-refractivity contribution in [3.63, 3.8) is 0 Å². The first-order valence-corrected chi connectivity index (χ1v) is 28.7. The van der Waals surface area contributed by atoms with Crippen LogP contribution in [-0.4, -0.2) is 37.2 Å². The van der Waals surface area contributed by atoms with E-state index in [1.165, 1.54) is 77.0 Å². The van der Waals surface area contributed by atoms with E-state index in [0.717, 1.165) is 116 Å². The van der Waals surface area contributed by atoms with Gasteiger partial charge in [-0.25, -0.2) is 0 Å². The van der Waals surface area contributed by atoms with Crippen LogP contribution in [0.3, 0.4) is 0 Å². The second-order valence-corrected chi connectivity index (χ2v) is 18.4. The number of rotatable bonds is 50. The van der Waals surface area contributed by atoms with Gasteiger partial charge in [-0.2, -0.15) is 0 Å². The second-order valence-electron chi connectivity index (χ2n) is 18.4. The van der Waals surface area contributed by atoms with Crippen molar-refractivity contribution < 1.29 is 28.6 Å². The molecule has 71 heavy (non-hydrogen) atoms. The first-order valence-electron chi connectivity index (χ1n) is 28.7. The molecule has 6 heteroatoms. The predicted molar refractivity (Wildman–Crippen MR) is 306 cm³/mol. The summed E-state index contributed by atoms with van der Waals surface area (Å²) in [4.78, 5) is 38.0. The average Bonchev–Trinajstić information content (AvgIpc) is 3.37. The van der Waals surface area contributed by atoms with Crippen LogP contribution in [0.15, 0.2) is 134 Å². The number of carbonyl (C=O) groups is 3. The van der Waals surface area contributed by atoms with E-state index in [-0.39, 0.29) is 37.5 Å². The highest BCUT2D eigenvalue weighted by molar-refractivity contribution is 5.71. The highest BCUT2D eigenvalue weighted by Crippen LogP contribution is 2.14. The monoisotopic (exact) mass is 981 g/mol. The third-order valence-corrected chi connectivity index (χ3v) is 11.7. The zero-order chi connectivity index (χ0) is 51.4. The van der Waals surface area contributed by atoms with Gasteiger partial charge in [-0.05, 0) is 109 Å². The summed E-state index contributed by atoms with van der Waals surface area (Å²) in [6, 6.07) is 0. The highest BCUT2D eigenvalue weighted by Gasteiger charge is 2.19. The molecule has 0 radical (unpaired) electrons. The lowest BCUT2D eigenvalue weighted by molar-refractivity contribution is -0.167. The molecule has 0 N–H and O–H groups in total. The first kappa shape index (κ1) is 66.6. The van der Waals surface area contributed by atoms with Crippen LogP contribution in [0.25, 0.3) is 0 Å². The smallest absolute Gasteiger partial charge is 0.306 e. The minimum atomic E-state index is -0.806. The molecule has 1 atom stereocenters. The average molecular weight is 982 g/mol. The van der Waals surface area contributed by atoms with E-state index in [1.807, 2.05) is 0 Å². The Morgan fingerprint density at radius 3 is 0.915 bits per heavy atom. The van der Waals surface area contributed by atoms with Crippen LogP contribution in [0.1, 0.15) is 239 Å². The van der Waals surface area contributed by atoms with Gasteiger partial charge in [0.05, 0.1) is 0 Å². The van der Waals surface area contributed by atoms with Crippen LogP contribution in [-0.2, 0) is 28.6 Å². The van der Waals surface area contributed by atoms with E-state index < -0.39 is 6.10 Å². The van der Waals surface area contributed by atoms with E-state index >= 15 is 0 Å². The van der Waals surface area contributed by atoms with Crippen molar-refractivity contribution in [3.05, 3.63) is 134 Å². The summed E-state index contributed by atoms with van der Waals surface area (Å²) < 4.78 is 16.7. The number of hydrogen-bond acceptors (Lipinski definition) is 6. The van der Waals surface area contributed by atoms with Gasteiger partial charge < -0.3 is 14.2 Å². The van der Waals surface area contributed by atoms with E-state index in [2.05, 4.69) is 154 Å². The summed E-state index contributed by atoms with van der Waals surface area (Å²) in [5.74, 6) is -0.979. The normalized spacial score (nSPS) is 13.1. The van der Waals surface area contributed by atoms with Crippen LogP contribution >= 0.6 is 0 Å². The van der Waals surface area contributed by atoms with Crippen LogP contribution < -0.4 is 0 Å². The molecule has 0 aromatic heterocycles. The van der Waals surface area contributed by atoms with Gasteiger partial charge in [0.15, 0.2) is 6.10 Å². The van der Waals surface area contributed by atoms with Crippen molar-refractivity contribution >= 4 is 17.9 Å². The maximum atomic E-state index is 12.8. The quantitative estimate of drug-likeness (QED) is 0.0262. The molecule has 0 aliphatic rings. The second kappa shape index (κ2) is 58.1. The summed E-state index contributed by atoms with van der Waals surface area (Å²) >= 11 is 0. The van der Waals surface area contributed by atoms with Crippen LogP contribution in [0.4, 0.5) is 0 Å². The molecule has 0 saturated heterocycles. The lowest BCUT2D eigenvalue weighted by atomic mass is 10.0. The summed E-state index contributed by atoms with van der Waals surface area (Å²) in [6.45, 7) is 6.31. The van der Waals surface area contributed by atoms with Gasteiger partial charge in [0.1, 0.15) is 13.2 Å². The molecule has 0 fully saturated rings. The molecular formula is C65H104O6. The molecule has 0 aromatic rings.